The number of carbonyl (C=O) groups is 1. The number of hydrogen-bond acceptors (Lipinski definition) is 11. The highest BCUT2D eigenvalue weighted by molar-refractivity contribution is 6.17. The van der Waals surface area contributed by atoms with E-state index in [-0.39, 0.29) is 12.6 Å². The van der Waals surface area contributed by atoms with Crippen LogP contribution in [0.25, 0.3) is 0 Å². The fraction of sp³-hybridized carbons (Fsp3) is 0.955. The lowest BCUT2D eigenvalue weighted by atomic mass is 10.6. The first-order valence-corrected chi connectivity index (χ1v) is 12.2. The zero-order valence-corrected chi connectivity index (χ0v) is 21.3. The lowest BCUT2D eigenvalue weighted by Gasteiger charge is -2.09. The van der Waals surface area contributed by atoms with E-state index in [1.165, 1.54) is 6.92 Å². The minimum atomic E-state index is -0.309. The second-order valence-corrected chi connectivity index (χ2v) is 6.92. The van der Waals surface area contributed by atoms with Crippen LogP contribution in [0.3, 0.4) is 0 Å². The number of esters is 1. The van der Waals surface area contributed by atoms with Gasteiger partial charge in [0.15, 0.2) is 0 Å². The molecule has 0 aromatic heterocycles. The molecular formula is C22H43ClO11. The summed E-state index contributed by atoms with van der Waals surface area (Å²) < 4.78 is 52.9. The van der Waals surface area contributed by atoms with Gasteiger partial charge in [0.25, 0.3) is 0 Å². The van der Waals surface area contributed by atoms with Crippen molar-refractivity contribution in [3.8, 4) is 0 Å². The summed E-state index contributed by atoms with van der Waals surface area (Å²) in [4.78, 5) is 10.6. The summed E-state index contributed by atoms with van der Waals surface area (Å²) in [6.45, 7) is 10.6. The predicted octanol–water partition coefficient (Wildman–Crippen LogP) is 0.938. The first-order valence-electron chi connectivity index (χ1n) is 11.7. The van der Waals surface area contributed by atoms with Gasteiger partial charge >= 0.3 is 5.97 Å². The third-order valence-corrected chi connectivity index (χ3v) is 3.88. The Morgan fingerprint density at radius 1 is 0.412 bits per heavy atom. The average molecular weight is 519 g/mol. The maximum atomic E-state index is 10.6. The molecule has 0 saturated carbocycles. The van der Waals surface area contributed by atoms with Crippen molar-refractivity contribution in [1.82, 2.24) is 0 Å². The van der Waals surface area contributed by atoms with Crippen molar-refractivity contribution in [3.63, 3.8) is 0 Å². The second kappa shape index (κ2) is 30.4. The fourth-order valence-corrected chi connectivity index (χ4v) is 2.27. The van der Waals surface area contributed by atoms with Gasteiger partial charge in [0, 0.05) is 12.8 Å². The average Bonchev–Trinajstić information content (AvgIpc) is 2.83. The zero-order chi connectivity index (χ0) is 24.8. The number of ether oxygens (including phenoxy) is 10. The van der Waals surface area contributed by atoms with Crippen molar-refractivity contribution in [1.29, 1.82) is 0 Å². The molecule has 0 N–H and O–H groups in total. The van der Waals surface area contributed by atoms with Gasteiger partial charge in [-0.3, -0.25) is 4.79 Å². The van der Waals surface area contributed by atoms with Gasteiger partial charge in [-0.15, -0.1) is 11.6 Å². The first-order chi connectivity index (χ1) is 16.8. The molecule has 0 radical (unpaired) electrons. The van der Waals surface area contributed by atoms with E-state index in [9.17, 15) is 4.79 Å². The van der Waals surface area contributed by atoms with Crippen molar-refractivity contribution in [2.45, 2.75) is 6.92 Å². The van der Waals surface area contributed by atoms with Crippen LogP contribution in [0.2, 0.25) is 0 Å². The van der Waals surface area contributed by atoms with E-state index in [4.69, 9.17) is 59.0 Å². The van der Waals surface area contributed by atoms with E-state index in [0.29, 0.717) is 125 Å². The molecule has 11 nitrogen and oxygen atoms in total. The molecule has 0 spiro atoms. The summed E-state index contributed by atoms with van der Waals surface area (Å²) in [5.41, 5.74) is 0. The van der Waals surface area contributed by atoms with E-state index in [2.05, 4.69) is 0 Å². The van der Waals surface area contributed by atoms with Crippen LogP contribution < -0.4 is 0 Å². The van der Waals surface area contributed by atoms with Gasteiger partial charge < -0.3 is 47.4 Å². The molecular weight excluding hydrogens is 476 g/mol. The minimum absolute atomic E-state index is 0.261. The SMILES string of the molecule is CC(=O)OCCOCCOCCOCCOCCOCCOCCOCCOCCOCCCl. The molecule has 204 valence electrons. The van der Waals surface area contributed by atoms with Crippen LogP contribution in [0.4, 0.5) is 0 Å². The summed E-state index contributed by atoms with van der Waals surface area (Å²) in [6.07, 6.45) is 0. The Morgan fingerprint density at radius 3 is 0.824 bits per heavy atom. The Hall–Kier alpha value is -0.600. The van der Waals surface area contributed by atoms with Crippen LogP contribution >= 0.6 is 11.6 Å². The molecule has 0 rings (SSSR count). The Labute approximate surface area is 208 Å². The standard InChI is InChI=1S/C22H43ClO11/c1-22(24)34-21-20-33-19-18-32-17-16-31-15-14-30-13-12-29-11-10-28-9-8-27-7-6-26-5-4-25-3-2-23/h2-21H2,1H3. The lowest BCUT2D eigenvalue weighted by Crippen LogP contribution is -2.15. The number of carbonyl (C=O) groups excluding carboxylic acids is 1. The van der Waals surface area contributed by atoms with E-state index < -0.39 is 0 Å². The third kappa shape index (κ3) is 31.4. The monoisotopic (exact) mass is 518 g/mol. The van der Waals surface area contributed by atoms with Gasteiger partial charge in [0.05, 0.1) is 119 Å². The molecule has 0 aromatic carbocycles. The number of hydrogen-bond donors (Lipinski definition) is 0. The normalized spacial score (nSPS) is 11.2. The fourth-order valence-electron chi connectivity index (χ4n) is 2.16. The van der Waals surface area contributed by atoms with Gasteiger partial charge in [0.2, 0.25) is 0 Å². The summed E-state index contributed by atoms with van der Waals surface area (Å²) in [6, 6.07) is 0. The zero-order valence-electron chi connectivity index (χ0n) is 20.5. The van der Waals surface area contributed by atoms with Crippen LogP contribution in [0.15, 0.2) is 0 Å². The van der Waals surface area contributed by atoms with Gasteiger partial charge in [-0.05, 0) is 0 Å². The lowest BCUT2D eigenvalue weighted by molar-refractivity contribution is -0.142. The Kier molecular flexibility index (Phi) is 29.9. The number of halogens is 1. The molecule has 0 aliphatic carbocycles. The molecule has 0 saturated heterocycles. The highest BCUT2D eigenvalue weighted by Crippen LogP contribution is 1.87. The minimum Gasteiger partial charge on any atom is -0.463 e. The molecule has 12 heteroatoms. The molecule has 0 amide bonds. The van der Waals surface area contributed by atoms with Gasteiger partial charge in [0.1, 0.15) is 6.61 Å². The molecule has 0 heterocycles. The maximum Gasteiger partial charge on any atom is 0.302 e. The van der Waals surface area contributed by atoms with Crippen molar-refractivity contribution in [2.24, 2.45) is 0 Å². The van der Waals surface area contributed by atoms with Crippen LogP contribution in [-0.4, -0.2) is 137 Å². The number of rotatable bonds is 29. The van der Waals surface area contributed by atoms with Gasteiger partial charge in [-0.25, -0.2) is 0 Å². The highest BCUT2D eigenvalue weighted by Gasteiger charge is 1.96. The first kappa shape index (κ1) is 33.4. The van der Waals surface area contributed by atoms with Crippen molar-refractivity contribution >= 4 is 17.6 Å². The Balaban J connectivity index is 3.01. The van der Waals surface area contributed by atoms with Crippen LogP contribution in [0, 0.1) is 0 Å². The molecule has 0 aliphatic rings. The van der Waals surface area contributed by atoms with Crippen molar-refractivity contribution < 1.29 is 52.2 Å². The number of alkyl halides is 1. The van der Waals surface area contributed by atoms with E-state index in [1.54, 1.807) is 0 Å². The van der Waals surface area contributed by atoms with Gasteiger partial charge in [-0.1, -0.05) is 0 Å². The topological polar surface area (TPSA) is 109 Å². The highest BCUT2D eigenvalue weighted by atomic mass is 35.5. The molecule has 34 heavy (non-hydrogen) atoms. The molecule has 0 aliphatic heterocycles. The summed E-state index contributed by atoms with van der Waals surface area (Å²) >= 11 is 5.49. The molecule has 0 aromatic rings. The molecule has 0 bridgehead atoms. The predicted molar refractivity (Wildman–Crippen MR) is 125 cm³/mol. The molecule has 0 unspecified atom stereocenters. The summed E-state index contributed by atoms with van der Waals surface area (Å²) in [7, 11) is 0. The van der Waals surface area contributed by atoms with Crippen LogP contribution in [-0.2, 0) is 52.2 Å². The molecule has 0 fully saturated rings. The van der Waals surface area contributed by atoms with E-state index in [1.807, 2.05) is 0 Å². The van der Waals surface area contributed by atoms with E-state index in [0.717, 1.165) is 0 Å². The largest absolute Gasteiger partial charge is 0.463 e. The van der Waals surface area contributed by atoms with Crippen molar-refractivity contribution in [2.75, 3.05) is 131 Å². The van der Waals surface area contributed by atoms with Crippen LogP contribution in [0.5, 0.6) is 0 Å². The van der Waals surface area contributed by atoms with Crippen LogP contribution in [0.1, 0.15) is 6.92 Å². The van der Waals surface area contributed by atoms with Gasteiger partial charge in [-0.2, -0.15) is 0 Å². The smallest absolute Gasteiger partial charge is 0.302 e. The van der Waals surface area contributed by atoms with E-state index >= 15 is 0 Å². The summed E-state index contributed by atoms with van der Waals surface area (Å²) in [5.74, 6) is 0.188. The maximum absolute atomic E-state index is 10.6. The molecule has 0 atom stereocenters. The Morgan fingerprint density at radius 2 is 0.618 bits per heavy atom. The quantitative estimate of drug-likeness (QED) is 0.0801. The second-order valence-electron chi connectivity index (χ2n) is 6.54. The summed E-state index contributed by atoms with van der Waals surface area (Å²) in [5, 5.41) is 0. The van der Waals surface area contributed by atoms with Crippen molar-refractivity contribution in [3.05, 3.63) is 0 Å². The Bertz CT molecular complexity index is 405. The third-order valence-electron chi connectivity index (χ3n) is 3.73.